The van der Waals surface area contributed by atoms with Gasteiger partial charge in [-0.2, -0.15) is 0 Å². The molecular weight excluding hydrogens is 807 g/mol. The van der Waals surface area contributed by atoms with Crippen molar-refractivity contribution >= 4 is 46.5 Å². The van der Waals surface area contributed by atoms with Crippen molar-refractivity contribution in [3.05, 3.63) is 125 Å². The molecule has 326 valence electrons. The number of hydrogen-bond donors (Lipinski definition) is 4. The van der Waals surface area contributed by atoms with Gasteiger partial charge in [-0.25, -0.2) is 15.0 Å². The SMILES string of the molecule is Nc1ncccc1-c1nc2ccc(-c3cccc(CCC(=O)NCCCCCCCc4cccc5c4C(=O)N(C4CCC(=O)NC4=O)C5=O)c3)nc2n1-c1ccc(C2(N)CCC2)cc1. The van der Waals surface area contributed by atoms with Gasteiger partial charge in [0.15, 0.2) is 11.5 Å². The van der Waals surface area contributed by atoms with E-state index < -0.39 is 29.7 Å². The van der Waals surface area contributed by atoms with E-state index in [2.05, 4.69) is 45.9 Å². The smallest absolute Gasteiger partial charge is 0.262 e. The lowest BCUT2D eigenvalue weighted by molar-refractivity contribution is -0.136. The number of imidazole rings is 1. The number of amides is 5. The van der Waals surface area contributed by atoms with Gasteiger partial charge in [-0.05, 0) is 117 Å². The van der Waals surface area contributed by atoms with Crippen LogP contribution in [0.4, 0.5) is 5.82 Å². The summed E-state index contributed by atoms with van der Waals surface area (Å²) in [5.41, 5.74) is 21.1. The number of carbonyl (C=O) groups is 5. The summed E-state index contributed by atoms with van der Waals surface area (Å²) >= 11 is 0. The van der Waals surface area contributed by atoms with Crippen LogP contribution in [0.2, 0.25) is 0 Å². The minimum absolute atomic E-state index is 0.00318. The second-order valence-electron chi connectivity index (χ2n) is 17.2. The number of nitrogens with two attached hydrogens (primary N) is 2. The predicted molar refractivity (Wildman–Crippen MR) is 243 cm³/mol. The van der Waals surface area contributed by atoms with Gasteiger partial charge in [0.25, 0.3) is 11.8 Å². The lowest BCUT2D eigenvalue weighted by Crippen LogP contribution is -2.54. The maximum absolute atomic E-state index is 13.4. The fraction of sp³-hybridized carbons (Fsp3) is 0.320. The number of imide groups is 2. The van der Waals surface area contributed by atoms with Crippen LogP contribution in [0.15, 0.2) is 97.2 Å². The summed E-state index contributed by atoms with van der Waals surface area (Å²) in [7, 11) is 0. The summed E-state index contributed by atoms with van der Waals surface area (Å²) in [6, 6.07) is 28.4. The van der Waals surface area contributed by atoms with Crippen LogP contribution in [-0.4, -0.2) is 66.5 Å². The van der Waals surface area contributed by atoms with Crippen LogP contribution in [0.5, 0.6) is 0 Å². The first kappa shape index (κ1) is 42.3. The van der Waals surface area contributed by atoms with Crippen LogP contribution in [0, 0.1) is 0 Å². The van der Waals surface area contributed by atoms with Gasteiger partial charge < -0.3 is 16.8 Å². The van der Waals surface area contributed by atoms with Gasteiger partial charge in [-0.1, -0.05) is 61.7 Å². The third-order valence-electron chi connectivity index (χ3n) is 12.9. The van der Waals surface area contributed by atoms with E-state index in [1.165, 1.54) is 0 Å². The van der Waals surface area contributed by atoms with E-state index in [4.69, 9.17) is 21.4 Å². The van der Waals surface area contributed by atoms with Crippen LogP contribution >= 0.6 is 0 Å². The Morgan fingerprint density at radius 2 is 1.61 bits per heavy atom. The van der Waals surface area contributed by atoms with Gasteiger partial charge >= 0.3 is 0 Å². The number of aromatic nitrogens is 4. The number of nitrogens with one attached hydrogen (secondary N) is 2. The Morgan fingerprint density at radius 1 is 0.828 bits per heavy atom. The molecular formula is C50H51N9O5. The Balaban J connectivity index is 0.766. The summed E-state index contributed by atoms with van der Waals surface area (Å²) in [6.07, 6.45) is 11.1. The molecule has 5 amide bonds. The van der Waals surface area contributed by atoms with Crippen LogP contribution in [-0.2, 0) is 32.8 Å². The molecule has 0 radical (unpaired) electrons. The number of fused-ring (bicyclic) bond motifs is 2. The van der Waals surface area contributed by atoms with Gasteiger partial charge in [0, 0.05) is 42.4 Å². The van der Waals surface area contributed by atoms with Crippen molar-refractivity contribution in [3.8, 4) is 28.3 Å². The Bertz CT molecular complexity index is 2790. The summed E-state index contributed by atoms with van der Waals surface area (Å²) in [4.78, 5) is 79.0. The molecule has 3 aromatic heterocycles. The number of unbranched alkanes of at least 4 members (excludes halogenated alkanes) is 4. The first-order valence-electron chi connectivity index (χ1n) is 22.3. The van der Waals surface area contributed by atoms with Crippen molar-refractivity contribution in [2.75, 3.05) is 12.3 Å². The van der Waals surface area contributed by atoms with Crippen LogP contribution in [0.25, 0.3) is 39.5 Å². The number of benzene rings is 3. The van der Waals surface area contributed by atoms with Crippen molar-refractivity contribution in [2.45, 2.75) is 95.1 Å². The Kier molecular flexibility index (Phi) is 11.9. The highest BCUT2D eigenvalue weighted by atomic mass is 16.2. The molecule has 3 aliphatic rings. The minimum Gasteiger partial charge on any atom is -0.383 e. The zero-order chi connectivity index (χ0) is 44.4. The molecule has 3 aromatic carbocycles. The normalized spacial score (nSPS) is 16.8. The molecule has 5 heterocycles. The summed E-state index contributed by atoms with van der Waals surface area (Å²) < 4.78 is 2.03. The summed E-state index contributed by atoms with van der Waals surface area (Å²) in [5, 5.41) is 5.31. The Hall–Kier alpha value is -7.06. The molecule has 1 atom stereocenters. The number of piperidine rings is 1. The van der Waals surface area contributed by atoms with E-state index in [1.54, 1.807) is 18.3 Å². The van der Waals surface area contributed by atoms with Gasteiger partial charge in [0.2, 0.25) is 17.7 Å². The largest absolute Gasteiger partial charge is 0.383 e. The summed E-state index contributed by atoms with van der Waals surface area (Å²) in [5.74, 6) is -0.937. The quantitative estimate of drug-likeness (QED) is 0.0597. The fourth-order valence-electron chi connectivity index (χ4n) is 9.16. The van der Waals surface area contributed by atoms with Gasteiger partial charge in [0.05, 0.1) is 22.4 Å². The second kappa shape index (κ2) is 18.0. The van der Waals surface area contributed by atoms with E-state index in [9.17, 15) is 24.0 Å². The van der Waals surface area contributed by atoms with E-state index in [1.807, 2.05) is 53.1 Å². The predicted octanol–water partition coefficient (Wildman–Crippen LogP) is 6.71. The number of carbonyl (C=O) groups excluding carboxylic acids is 5. The highest BCUT2D eigenvalue weighted by molar-refractivity contribution is 6.24. The lowest BCUT2D eigenvalue weighted by atomic mass is 9.73. The van der Waals surface area contributed by atoms with Gasteiger partial charge in [-0.15, -0.1) is 0 Å². The maximum Gasteiger partial charge on any atom is 0.262 e. The molecule has 9 rings (SSSR count). The highest BCUT2D eigenvalue weighted by Crippen LogP contribution is 2.40. The number of nitrogens with zero attached hydrogens (tertiary/aromatic N) is 5. The summed E-state index contributed by atoms with van der Waals surface area (Å²) in [6.45, 7) is 0.595. The first-order chi connectivity index (χ1) is 31.1. The third kappa shape index (κ3) is 8.40. The number of nitrogen functional groups attached to an aromatic ring is 1. The standard InChI is InChI=1S/C50H51N9O5/c51-44-37(15-8-29-54-44)45-56-39-22-21-38(55-46(39)58(45)35-19-17-34(18-20-35)50(52)26-9-27-50)33-13-6-10-31(30-33)16-24-41(60)53-28-5-3-1-2-4-11-32-12-7-14-36-43(32)49(64)59(48(36)63)40-23-25-42(61)57-47(40)62/h6-8,10,12-15,17-22,29-30,40H,1-5,9,11,16,23-28,52H2,(H2,51,54)(H,53,60)(H,57,61,62). The molecule has 2 aliphatic heterocycles. The number of anilines is 1. The molecule has 1 unspecified atom stereocenters. The van der Waals surface area contributed by atoms with E-state index in [0.717, 1.165) is 95.4 Å². The van der Waals surface area contributed by atoms with Gasteiger partial charge in [-0.3, -0.25) is 38.8 Å². The van der Waals surface area contributed by atoms with Crippen LogP contribution < -0.4 is 22.1 Å². The van der Waals surface area contributed by atoms with Crippen molar-refractivity contribution in [2.24, 2.45) is 5.73 Å². The minimum atomic E-state index is -0.979. The molecule has 2 fully saturated rings. The molecule has 0 spiro atoms. The maximum atomic E-state index is 13.4. The van der Waals surface area contributed by atoms with Crippen molar-refractivity contribution < 1.29 is 24.0 Å². The molecule has 1 saturated heterocycles. The van der Waals surface area contributed by atoms with Crippen LogP contribution in [0.1, 0.15) is 108 Å². The zero-order valence-electron chi connectivity index (χ0n) is 35.6. The lowest BCUT2D eigenvalue weighted by Gasteiger charge is -2.38. The van der Waals surface area contributed by atoms with Crippen LogP contribution in [0.3, 0.4) is 0 Å². The van der Waals surface area contributed by atoms with E-state index >= 15 is 0 Å². The molecule has 64 heavy (non-hydrogen) atoms. The van der Waals surface area contributed by atoms with Crippen molar-refractivity contribution in [1.29, 1.82) is 0 Å². The molecule has 14 nitrogen and oxygen atoms in total. The fourth-order valence-corrected chi connectivity index (χ4v) is 9.16. The van der Waals surface area contributed by atoms with Crippen molar-refractivity contribution in [3.63, 3.8) is 0 Å². The topological polar surface area (TPSA) is 208 Å². The molecule has 6 aromatic rings. The van der Waals surface area contributed by atoms with E-state index in [0.29, 0.717) is 59.8 Å². The number of aryl methyl sites for hydroxylation is 2. The number of rotatable bonds is 16. The van der Waals surface area contributed by atoms with Gasteiger partial charge in [0.1, 0.15) is 17.4 Å². The first-order valence-corrected chi connectivity index (χ1v) is 22.3. The average Bonchev–Trinajstić information content (AvgIpc) is 3.79. The molecule has 1 saturated carbocycles. The average molecular weight is 858 g/mol. The third-order valence-corrected chi connectivity index (χ3v) is 12.9. The number of pyridine rings is 2. The Morgan fingerprint density at radius 3 is 2.39 bits per heavy atom. The Labute approximate surface area is 370 Å². The molecule has 0 bridgehead atoms. The molecule has 1 aliphatic carbocycles. The number of hydrogen-bond acceptors (Lipinski definition) is 10. The monoisotopic (exact) mass is 857 g/mol. The highest BCUT2D eigenvalue weighted by Gasteiger charge is 2.45. The zero-order valence-corrected chi connectivity index (χ0v) is 35.6. The van der Waals surface area contributed by atoms with Crippen molar-refractivity contribution in [1.82, 2.24) is 35.1 Å². The second-order valence-corrected chi connectivity index (χ2v) is 17.2. The molecule has 14 heteroatoms. The van der Waals surface area contributed by atoms with E-state index in [-0.39, 0.29) is 24.3 Å². The molecule has 6 N–H and O–H groups in total.